The number of methoxy groups -OCH3 is 1. The molecule has 0 atom stereocenters. The Morgan fingerprint density at radius 2 is 2.10 bits per heavy atom. The molecular formula is C18H20O3. The summed E-state index contributed by atoms with van der Waals surface area (Å²) in [6, 6.07) is 4.93. The van der Waals surface area contributed by atoms with Crippen molar-refractivity contribution in [2.75, 3.05) is 7.11 Å². The van der Waals surface area contributed by atoms with Crippen LogP contribution >= 0.6 is 0 Å². The third kappa shape index (κ3) is 4.68. The lowest BCUT2D eigenvalue weighted by Gasteiger charge is -2.15. The number of phenols is 1. The van der Waals surface area contributed by atoms with Crippen molar-refractivity contribution in [3.8, 4) is 23.3 Å². The Kier molecular flexibility index (Phi) is 5.45. The van der Waals surface area contributed by atoms with Gasteiger partial charge in [0, 0.05) is 5.92 Å². The normalized spacial score (nSPS) is 15.5. The van der Waals surface area contributed by atoms with Crippen molar-refractivity contribution in [1.82, 2.24) is 0 Å². The molecule has 0 radical (unpaired) electrons. The molecule has 0 heterocycles. The van der Waals surface area contributed by atoms with Crippen LogP contribution in [-0.4, -0.2) is 18.0 Å². The zero-order valence-electron chi connectivity index (χ0n) is 12.3. The molecular weight excluding hydrogens is 264 g/mol. The van der Waals surface area contributed by atoms with E-state index >= 15 is 0 Å². The molecule has 0 bridgehead atoms. The van der Waals surface area contributed by atoms with Crippen molar-refractivity contribution in [3.63, 3.8) is 0 Å². The molecule has 0 spiro atoms. The maximum atomic E-state index is 11.7. The summed E-state index contributed by atoms with van der Waals surface area (Å²) in [4.78, 5) is 11.7. The minimum Gasteiger partial charge on any atom is -0.504 e. The fourth-order valence-electron chi connectivity index (χ4n) is 2.43. The van der Waals surface area contributed by atoms with Gasteiger partial charge in [-0.05, 0) is 42.5 Å². The zero-order chi connectivity index (χ0) is 15.1. The second kappa shape index (κ2) is 7.54. The number of allylic oxidation sites excluding steroid dienone is 1. The van der Waals surface area contributed by atoms with Crippen LogP contribution in [0.2, 0.25) is 0 Å². The highest BCUT2D eigenvalue weighted by molar-refractivity contribution is 6.06. The number of ether oxygens (including phenoxy) is 1. The van der Waals surface area contributed by atoms with E-state index in [1.54, 1.807) is 18.2 Å². The molecule has 2 rings (SSSR count). The van der Waals surface area contributed by atoms with Gasteiger partial charge >= 0.3 is 0 Å². The average molecular weight is 284 g/mol. The van der Waals surface area contributed by atoms with Crippen molar-refractivity contribution in [1.29, 1.82) is 0 Å². The third-order valence-corrected chi connectivity index (χ3v) is 3.64. The van der Waals surface area contributed by atoms with Crippen LogP contribution in [0.3, 0.4) is 0 Å². The van der Waals surface area contributed by atoms with Gasteiger partial charge in [-0.25, -0.2) is 0 Å². The predicted molar refractivity (Wildman–Crippen MR) is 83.1 cm³/mol. The lowest BCUT2D eigenvalue weighted by atomic mass is 9.90. The highest BCUT2D eigenvalue weighted by Crippen LogP contribution is 2.26. The summed E-state index contributed by atoms with van der Waals surface area (Å²) in [5, 5.41) is 9.50. The molecule has 0 unspecified atom stereocenters. The molecule has 21 heavy (non-hydrogen) atoms. The number of hydrogen-bond acceptors (Lipinski definition) is 3. The minimum atomic E-state index is -0.187. The number of phenolic OH excluding ortho intramolecular Hbond substituents is 1. The number of hydrogen-bond donors (Lipinski definition) is 1. The smallest absolute Gasteiger partial charge is 0.228 e. The first kappa shape index (κ1) is 15.2. The van der Waals surface area contributed by atoms with E-state index in [2.05, 4.69) is 11.8 Å². The van der Waals surface area contributed by atoms with Gasteiger partial charge in [-0.1, -0.05) is 37.3 Å². The van der Waals surface area contributed by atoms with Crippen molar-refractivity contribution in [2.24, 2.45) is 5.92 Å². The Bertz CT molecular complexity index is 584. The lowest BCUT2D eigenvalue weighted by Crippen LogP contribution is -2.03. The van der Waals surface area contributed by atoms with E-state index < -0.39 is 0 Å². The molecule has 0 saturated heterocycles. The molecule has 1 saturated carbocycles. The Labute approximate surface area is 125 Å². The Hall–Kier alpha value is -2.21. The summed E-state index contributed by atoms with van der Waals surface area (Å²) in [5.74, 6) is 6.44. The molecule has 1 aliphatic rings. The van der Waals surface area contributed by atoms with Gasteiger partial charge in [0.15, 0.2) is 11.5 Å². The summed E-state index contributed by atoms with van der Waals surface area (Å²) in [6.45, 7) is 0. The quantitative estimate of drug-likeness (QED) is 0.524. The number of aromatic hydroxyl groups is 1. The predicted octanol–water partition coefficient (Wildman–Crippen LogP) is 3.57. The van der Waals surface area contributed by atoms with E-state index in [0.29, 0.717) is 11.7 Å². The Balaban J connectivity index is 1.97. The Morgan fingerprint density at radius 3 is 2.81 bits per heavy atom. The molecule has 1 N–H and O–H groups in total. The molecule has 0 aromatic heterocycles. The fourth-order valence-corrected chi connectivity index (χ4v) is 2.43. The van der Waals surface area contributed by atoms with E-state index in [0.717, 1.165) is 18.4 Å². The average Bonchev–Trinajstić information content (AvgIpc) is 2.53. The van der Waals surface area contributed by atoms with Gasteiger partial charge < -0.3 is 9.84 Å². The maximum Gasteiger partial charge on any atom is 0.228 e. The second-order valence-electron chi connectivity index (χ2n) is 5.23. The van der Waals surface area contributed by atoms with Crippen LogP contribution in [0.1, 0.15) is 37.7 Å². The molecule has 3 nitrogen and oxygen atoms in total. The van der Waals surface area contributed by atoms with Gasteiger partial charge in [0.05, 0.1) is 7.11 Å². The third-order valence-electron chi connectivity index (χ3n) is 3.64. The highest BCUT2D eigenvalue weighted by atomic mass is 16.5. The van der Waals surface area contributed by atoms with Gasteiger partial charge in [0.2, 0.25) is 5.78 Å². The van der Waals surface area contributed by atoms with Crippen LogP contribution in [0.4, 0.5) is 0 Å². The molecule has 1 aliphatic carbocycles. The molecule has 1 fully saturated rings. The van der Waals surface area contributed by atoms with E-state index in [1.807, 2.05) is 0 Å². The zero-order valence-corrected chi connectivity index (χ0v) is 12.3. The van der Waals surface area contributed by atoms with Gasteiger partial charge in [0.25, 0.3) is 0 Å². The van der Waals surface area contributed by atoms with Crippen LogP contribution in [0.15, 0.2) is 24.3 Å². The van der Waals surface area contributed by atoms with Crippen molar-refractivity contribution < 1.29 is 14.6 Å². The molecule has 1 aromatic rings. The Morgan fingerprint density at radius 1 is 1.33 bits per heavy atom. The van der Waals surface area contributed by atoms with Crippen LogP contribution in [-0.2, 0) is 4.79 Å². The van der Waals surface area contributed by atoms with Crippen molar-refractivity contribution in [2.45, 2.75) is 32.1 Å². The second-order valence-corrected chi connectivity index (χ2v) is 5.23. The summed E-state index contributed by atoms with van der Waals surface area (Å²) in [7, 11) is 1.49. The monoisotopic (exact) mass is 284 g/mol. The highest BCUT2D eigenvalue weighted by Gasteiger charge is 2.10. The van der Waals surface area contributed by atoms with Crippen LogP contribution in [0.5, 0.6) is 11.5 Å². The summed E-state index contributed by atoms with van der Waals surface area (Å²) < 4.78 is 5.02. The summed E-state index contributed by atoms with van der Waals surface area (Å²) in [6.07, 6.45) is 9.09. The number of benzene rings is 1. The molecule has 0 amide bonds. The maximum absolute atomic E-state index is 11.7. The van der Waals surface area contributed by atoms with E-state index in [-0.39, 0.29) is 11.5 Å². The first-order valence-electron chi connectivity index (χ1n) is 7.29. The van der Waals surface area contributed by atoms with Crippen LogP contribution in [0, 0.1) is 17.8 Å². The molecule has 0 aliphatic heterocycles. The van der Waals surface area contributed by atoms with E-state index in [1.165, 1.54) is 38.5 Å². The van der Waals surface area contributed by atoms with Crippen molar-refractivity contribution >= 4 is 11.9 Å². The van der Waals surface area contributed by atoms with E-state index in [4.69, 9.17) is 4.74 Å². The summed E-state index contributed by atoms with van der Waals surface area (Å²) in [5.41, 5.74) is 0.789. The van der Waals surface area contributed by atoms with Crippen LogP contribution in [0.25, 0.3) is 6.08 Å². The fraction of sp³-hybridized carbons (Fsp3) is 0.389. The first-order valence-corrected chi connectivity index (χ1v) is 7.29. The lowest BCUT2D eigenvalue weighted by molar-refractivity contribution is -0.109. The summed E-state index contributed by atoms with van der Waals surface area (Å²) >= 11 is 0. The number of carbonyl (C=O) groups excluding carboxylic acids is 1. The standard InChI is InChI=1S/C18H20O3/c1-21-18-13-15(9-12-17(18)20)8-11-16(19)10-7-14-5-3-2-4-6-14/h8-9,11-14,20H,2-6H2,1H3. The number of rotatable bonds is 3. The first-order chi connectivity index (χ1) is 10.2. The van der Waals surface area contributed by atoms with Gasteiger partial charge in [-0.2, -0.15) is 0 Å². The van der Waals surface area contributed by atoms with Gasteiger partial charge in [0.1, 0.15) is 0 Å². The minimum absolute atomic E-state index is 0.0815. The van der Waals surface area contributed by atoms with E-state index in [9.17, 15) is 9.90 Å². The SMILES string of the molecule is COc1cc(C=CC(=O)C#CC2CCCCC2)ccc1O. The van der Waals surface area contributed by atoms with Gasteiger partial charge in [-0.3, -0.25) is 4.79 Å². The largest absolute Gasteiger partial charge is 0.504 e. The molecule has 3 heteroatoms. The molecule has 110 valence electrons. The number of ketones is 1. The molecule has 1 aromatic carbocycles. The topological polar surface area (TPSA) is 46.5 Å². The number of carbonyl (C=O) groups is 1. The van der Waals surface area contributed by atoms with Gasteiger partial charge in [-0.15, -0.1) is 0 Å². The van der Waals surface area contributed by atoms with Crippen molar-refractivity contribution in [3.05, 3.63) is 29.8 Å². The van der Waals surface area contributed by atoms with Crippen LogP contribution < -0.4 is 4.74 Å².